The number of aliphatic imine (C=N–C) groups is 1. The lowest BCUT2D eigenvalue weighted by Gasteiger charge is -2.27. The Balaban J connectivity index is 2.00. The average Bonchev–Trinajstić information content (AvgIpc) is 2.95. The van der Waals surface area contributed by atoms with Crippen molar-refractivity contribution in [1.82, 2.24) is 4.90 Å². The van der Waals surface area contributed by atoms with Crippen LogP contribution in [0.15, 0.2) is 21.3 Å². The molecule has 2 N–H and O–H groups in total. The van der Waals surface area contributed by atoms with Gasteiger partial charge in [0.1, 0.15) is 4.21 Å². The molecule has 1 aliphatic heterocycles. The highest BCUT2D eigenvalue weighted by Crippen LogP contribution is 2.23. The largest absolute Gasteiger partial charge is 0.378 e. The molecule has 20 heavy (non-hydrogen) atoms. The van der Waals surface area contributed by atoms with Crippen LogP contribution in [0.1, 0.15) is 11.8 Å². The summed E-state index contributed by atoms with van der Waals surface area (Å²) in [6.07, 6.45) is 0. The fourth-order valence-corrected chi connectivity index (χ4v) is 4.21. The first kappa shape index (κ1) is 15.3. The topological polar surface area (TPSA) is 85.0 Å². The Hall–Kier alpha value is -1.12. The number of sulfone groups is 1. The minimum Gasteiger partial charge on any atom is -0.378 e. The molecule has 0 aliphatic carbocycles. The molecular weight excluding hydrogens is 298 g/mol. The number of nitrogens with zero attached hydrogens (tertiary/aromatic N) is 2. The lowest BCUT2D eigenvalue weighted by Crippen LogP contribution is -2.44. The fraction of sp³-hybridized carbons (Fsp3) is 0.583. The molecule has 112 valence electrons. The van der Waals surface area contributed by atoms with Crippen molar-refractivity contribution in [2.75, 3.05) is 32.1 Å². The second-order valence-electron chi connectivity index (χ2n) is 4.40. The molecule has 1 aliphatic rings. The van der Waals surface area contributed by atoms with Gasteiger partial charge in [0, 0.05) is 18.0 Å². The number of ether oxygens (including phenoxy) is 1. The summed E-state index contributed by atoms with van der Waals surface area (Å²) < 4.78 is 29.1. The van der Waals surface area contributed by atoms with Crippen molar-refractivity contribution in [2.45, 2.75) is 17.7 Å². The van der Waals surface area contributed by atoms with Gasteiger partial charge >= 0.3 is 0 Å². The molecule has 0 saturated carbocycles. The lowest BCUT2D eigenvalue weighted by molar-refractivity contribution is 0.0674. The third-order valence-corrected chi connectivity index (χ3v) is 6.44. The number of nitrogens with two attached hydrogens (primary N) is 1. The van der Waals surface area contributed by atoms with Crippen molar-refractivity contribution >= 4 is 27.1 Å². The molecule has 8 heteroatoms. The molecule has 0 radical (unpaired) electrons. The lowest BCUT2D eigenvalue weighted by atomic mass is 10.4. The van der Waals surface area contributed by atoms with Crippen LogP contribution in [0.5, 0.6) is 0 Å². The van der Waals surface area contributed by atoms with Crippen LogP contribution >= 0.6 is 11.3 Å². The first-order valence-corrected chi connectivity index (χ1v) is 8.94. The normalized spacial score (nSPS) is 17.4. The maximum absolute atomic E-state index is 11.7. The van der Waals surface area contributed by atoms with Gasteiger partial charge in [-0.15, -0.1) is 11.3 Å². The zero-order valence-corrected chi connectivity index (χ0v) is 13.0. The molecule has 1 aromatic rings. The van der Waals surface area contributed by atoms with Crippen LogP contribution in [0, 0.1) is 0 Å². The Labute approximate surface area is 123 Å². The first-order valence-electron chi connectivity index (χ1n) is 6.47. The van der Waals surface area contributed by atoms with E-state index in [1.54, 1.807) is 19.1 Å². The Morgan fingerprint density at radius 1 is 1.45 bits per heavy atom. The van der Waals surface area contributed by atoms with Gasteiger partial charge in [-0.3, -0.25) is 0 Å². The van der Waals surface area contributed by atoms with Crippen LogP contribution in [0.4, 0.5) is 0 Å². The van der Waals surface area contributed by atoms with E-state index in [1.807, 2.05) is 4.90 Å². The van der Waals surface area contributed by atoms with Gasteiger partial charge in [0.2, 0.25) is 0 Å². The van der Waals surface area contributed by atoms with E-state index in [-0.39, 0.29) is 5.75 Å². The van der Waals surface area contributed by atoms with Crippen molar-refractivity contribution in [3.05, 3.63) is 17.0 Å². The van der Waals surface area contributed by atoms with E-state index in [0.29, 0.717) is 29.9 Å². The van der Waals surface area contributed by atoms with Gasteiger partial charge in [-0.25, -0.2) is 13.4 Å². The van der Waals surface area contributed by atoms with E-state index in [2.05, 4.69) is 4.99 Å². The summed E-state index contributed by atoms with van der Waals surface area (Å²) in [5.41, 5.74) is 5.92. The monoisotopic (exact) mass is 317 g/mol. The Kier molecular flexibility index (Phi) is 5.00. The van der Waals surface area contributed by atoms with Gasteiger partial charge in [-0.2, -0.15) is 0 Å². The third kappa shape index (κ3) is 3.71. The molecule has 6 nitrogen and oxygen atoms in total. The van der Waals surface area contributed by atoms with E-state index >= 15 is 0 Å². The molecule has 0 unspecified atom stereocenters. The van der Waals surface area contributed by atoms with E-state index in [9.17, 15) is 8.42 Å². The minimum atomic E-state index is -3.12. The number of morpholine rings is 1. The van der Waals surface area contributed by atoms with Gasteiger partial charge in [0.05, 0.1) is 25.5 Å². The van der Waals surface area contributed by atoms with Crippen molar-refractivity contribution in [1.29, 1.82) is 0 Å². The highest BCUT2D eigenvalue weighted by atomic mass is 32.2. The summed E-state index contributed by atoms with van der Waals surface area (Å²) >= 11 is 1.26. The molecule has 0 amide bonds. The molecular formula is C12H19N3O3S2. The number of guanidine groups is 1. The summed E-state index contributed by atoms with van der Waals surface area (Å²) in [6, 6.07) is 3.43. The molecule has 0 bridgehead atoms. The molecule has 2 rings (SSSR count). The van der Waals surface area contributed by atoms with Crippen molar-refractivity contribution in [3.8, 4) is 0 Å². The predicted molar refractivity (Wildman–Crippen MR) is 79.8 cm³/mol. The highest BCUT2D eigenvalue weighted by Gasteiger charge is 2.15. The number of hydrogen-bond acceptors (Lipinski definition) is 5. The molecule has 0 spiro atoms. The summed E-state index contributed by atoms with van der Waals surface area (Å²) in [7, 11) is -3.12. The minimum absolute atomic E-state index is 0.117. The van der Waals surface area contributed by atoms with E-state index in [0.717, 1.165) is 18.0 Å². The molecule has 1 aromatic heterocycles. The summed E-state index contributed by atoms with van der Waals surface area (Å²) in [5, 5.41) is 0. The fourth-order valence-electron chi connectivity index (χ4n) is 1.80. The second-order valence-corrected chi connectivity index (χ2v) is 8.07. The Morgan fingerprint density at radius 2 is 2.15 bits per heavy atom. The third-order valence-electron chi connectivity index (χ3n) is 3.06. The van der Waals surface area contributed by atoms with E-state index in [4.69, 9.17) is 10.5 Å². The Morgan fingerprint density at radius 3 is 2.80 bits per heavy atom. The maximum Gasteiger partial charge on any atom is 0.191 e. The van der Waals surface area contributed by atoms with Gasteiger partial charge in [0.25, 0.3) is 0 Å². The molecule has 1 fully saturated rings. The number of thiophene rings is 1. The smallest absolute Gasteiger partial charge is 0.191 e. The average molecular weight is 317 g/mol. The molecule has 1 saturated heterocycles. The van der Waals surface area contributed by atoms with Crippen LogP contribution < -0.4 is 5.73 Å². The molecule has 2 heterocycles. The van der Waals surface area contributed by atoms with Crippen molar-refractivity contribution in [3.63, 3.8) is 0 Å². The SMILES string of the molecule is CCS(=O)(=O)c1ccc(CN=C(N)N2CCOCC2)s1. The van der Waals surface area contributed by atoms with Gasteiger partial charge in [-0.1, -0.05) is 6.92 Å². The van der Waals surface area contributed by atoms with E-state index < -0.39 is 9.84 Å². The summed E-state index contributed by atoms with van der Waals surface area (Å²) in [6.45, 7) is 4.86. The summed E-state index contributed by atoms with van der Waals surface area (Å²) in [4.78, 5) is 7.19. The van der Waals surface area contributed by atoms with Crippen LogP contribution in [0.25, 0.3) is 0 Å². The van der Waals surface area contributed by atoms with Crippen LogP contribution in [-0.2, 0) is 21.1 Å². The molecule has 0 aromatic carbocycles. The van der Waals surface area contributed by atoms with Gasteiger partial charge in [0.15, 0.2) is 15.8 Å². The predicted octanol–water partition coefficient (Wildman–Crippen LogP) is 0.689. The van der Waals surface area contributed by atoms with Crippen molar-refractivity contribution < 1.29 is 13.2 Å². The van der Waals surface area contributed by atoms with Gasteiger partial charge in [-0.05, 0) is 12.1 Å². The van der Waals surface area contributed by atoms with Crippen molar-refractivity contribution in [2.24, 2.45) is 10.7 Å². The summed E-state index contributed by atoms with van der Waals surface area (Å²) in [5.74, 6) is 0.605. The molecule has 0 atom stereocenters. The highest BCUT2D eigenvalue weighted by molar-refractivity contribution is 7.93. The number of rotatable bonds is 4. The van der Waals surface area contributed by atoms with Crippen LogP contribution in [0.2, 0.25) is 0 Å². The number of hydrogen-bond donors (Lipinski definition) is 1. The zero-order valence-electron chi connectivity index (χ0n) is 11.4. The van der Waals surface area contributed by atoms with Gasteiger partial charge < -0.3 is 15.4 Å². The first-order chi connectivity index (χ1) is 9.53. The maximum atomic E-state index is 11.7. The second kappa shape index (κ2) is 6.55. The van der Waals surface area contributed by atoms with Crippen LogP contribution in [-0.4, -0.2) is 51.3 Å². The zero-order chi connectivity index (χ0) is 14.6. The van der Waals surface area contributed by atoms with Crippen LogP contribution in [0.3, 0.4) is 0 Å². The Bertz CT molecular complexity index is 575. The van der Waals surface area contributed by atoms with E-state index in [1.165, 1.54) is 11.3 Å². The standard InChI is InChI=1S/C12H19N3O3S2/c1-2-20(16,17)11-4-3-10(19-11)9-14-12(13)15-5-7-18-8-6-15/h3-4H,2,5-9H2,1H3,(H2,13,14). The quantitative estimate of drug-likeness (QED) is 0.652.